The summed E-state index contributed by atoms with van der Waals surface area (Å²) in [5.74, 6) is 0.744. The van der Waals surface area contributed by atoms with Crippen LogP contribution in [0.15, 0.2) is 47.1 Å². The summed E-state index contributed by atoms with van der Waals surface area (Å²) in [4.78, 5) is 11.9. The lowest BCUT2D eigenvalue weighted by molar-refractivity contribution is 0.149. The third kappa shape index (κ3) is 4.10. The van der Waals surface area contributed by atoms with E-state index < -0.39 is 6.10 Å². The van der Waals surface area contributed by atoms with Gasteiger partial charge in [0.2, 0.25) is 0 Å². The average molecular weight is 288 g/mol. The molecule has 0 radical (unpaired) electrons. The molecule has 0 aliphatic rings. The molecule has 0 bridgehead atoms. The van der Waals surface area contributed by atoms with Crippen LogP contribution in [0.3, 0.4) is 0 Å². The second-order valence-corrected chi connectivity index (χ2v) is 5.11. The minimum Gasteiger partial charge on any atom is -0.467 e. The highest BCUT2D eigenvalue weighted by molar-refractivity contribution is 5.90. The lowest BCUT2D eigenvalue weighted by Crippen LogP contribution is -2.32. The number of anilines is 1. The molecule has 1 unspecified atom stereocenters. The molecule has 5 heteroatoms. The van der Waals surface area contributed by atoms with Crippen molar-refractivity contribution in [2.24, 2.45) is 0 Å². The third-order valence-corrected chi connectivity index (χ3v) is 3.16. The number of nitrogens with one attached hydrogen (secondary N) is 2. The molecule has 0 fully saturated rings. The van der Waals surface area contributed by atoms with Gasteiger partial charge in [0.05, 0.1) is 12.8 Å². The van der Waals surface area contributed by atoms with Gasteiger partial charge >= 0.3 is 6.03 Å². The van der Waals surface area contributed by atoms with Gasteiger partial charge in [-0.3, -0.25) is 0 Å². The van der Waals surface area contributed by atoms with E-state index in [1.165, 1.54) is 6.26 Å². The Labute approximate surface area is 124 Å². The number of carbonyl (C=O) groups is 1. The first-order valence-corrected chi connectivity index (χ1v) is 6.93. The predicted octanol–water partition coefficient (Wildman–Crippen LogP) is 3.26. The molecule has 1 atom stereocenters. The Bertz CT molecular complexity index is 579. The van der Waals surface area contributed by atoms with E-state index in [0.29, 0.717) is 11.7 Å². The molecular weight excluding hydrogens is 268 g/mol. The van der Waals surface area contributed by atoms with Crippen LogP contribution in [-0.4, -0.2) is 17.7 Å². The van der Waals surface area contributed by atoms with Gasteiger partial charge in [-0.25, -0.2) is 4.79 Å². The Morgan fingerprint density at radius 2 is 2.00 bits per heavy atom. The number of furan rings is 1. The molecule has 1 aromatic carbocycles. The number of benzene rings is 1. The second-order valence-electron chi connectivity index (χ2n) is 5.11. The Balaban J connectivity index is 1.90. The quantitative estimate of drug-likeness (QED) is 0.790. The molecule has 2 amide bonds. The minimum atomic E-state index is -0.855. The summed E-state index contributed by atoms with van der Waals surface area (Å²) in [6.07, 6.45) is 0.628. The van der Waals surface area contributed by atoms with Gasteiger partial charge in [-0.15, -0.1) is 0 Å². The van der Waals surface area contributed by atoms with Gasteiger partial charge in [-0.1, -0.05) is 32.0 Å². The number of carbonyl (C=O) groups excluding carboxylic acids is 1. The van der Waals surface area contributed by atoms with E-state index in [0.717, 1.165) is 11.3 Å². The normalized spacial score (nSPS) is 12.2. The van der Waals surface area contributed by atoms with Gasteiger partial charge < -0.3 is 20.2 Å². The predicted molar refractivity (Wildman–Crippen MR) is 81.2 cm³/mol. The van der Waals surface area contributed by atoms with Gasteiger partial charge in [0.25, 0.3) is 0 Å². The molecule has 0 aliphatic carbocycles. The van der Waals surface area contributed by atoms with Crippen molar-refractivity contribution < 1.29 is 14.3 Å². The Morgan fingerprint density at radius 1 is 1.24 bits per heavy atom. The summed E-state index contributed by atoms with van der Waals surface area (Å²) in [5.41, 5.74) is 1.84. The first-order chi connectivity index (χ1) is 10.1. The fourth-order valence-corrected chi connectivity index (χ4v) is 2.05. The van der Waals surface area contributed by atoms with Crippen LogP contribution in [0.1, 0.15) is 37.2 Å². The minimum absolute atomic E-state index is 0.0865. The maximum atomic E-state index is 11.9. The Morgan fingerprint density at radius 3 is 2.67 bits per heavy atom. The largest absolute Gasteiger partial charge is 0.467 e. The van der Waals surface area contributed by atoms with Gasteiger partial charge in [0.15, 0.2) is 0 Å². The van der Waals surface area contributed by atoms with Crippen LogP contribution in [0.5, 0.6) is 0 Å². The van der Waals surface area contributed by atoms with Crippen molar-refractivity contribution in [3.8, 4) is 0 Å². The molecule has 0 aliphatic heterocycles. The number of aliphatic hydroxyl groups is 1. The smallest absolute Gasteiger partial charge is 0.319 e. The first kappa shape index (κ1) is 15.1. The van der Waals surface area contributed by atoms with Gasteiger partial charge in [-0.05, 0) is 29.7 Å². The zero-order valence-electron chi connectivity index (χ0n) is 12.2. The van der Waals surface area contributed by atoms with Gasteiger partial charge in [0.1, 0.15) is 11.9 Å². The van der Waals surface area contributed by atoms with Gasteiger partial charge in [0, 0.05) is 5.69 Å². The lowest BCUT2D eigenvalue weighted by atomic mass is 10.0. The highest BCUT2D eigenvalue weighted by Gasteiger charge is 2.13. The van der Waals surface area contributed by atoms with Crippen molar-refractivity contribution in [1.29, 1.82) is 0 Å². The monoisotopic (exact) mass is 288 g/mol. The summed E-state index contributed by atoms with van der Waals surface area (Å²) >= 11 is 0. The van der Waals surface area contributed by atoms with Crippen molar-refractivity contribution in [3.63, 3.8) is 0 Å². The van der Waals surface area contributed by atoms with E-state index in [9.17, 15) is 9.90 Å². The van der Waals surface area contributed by atoms with E-state index in [2.05, 4.69) is 24.5 Å². The summed E-state index contributed by atoms with van der Waals surface area (Å²) < 4.78 is 5.07. The fourth-order valence-electron chi connectivity index (χ4n) is 2.05. The molecule has 0 saturated heterocycles. The maximum absolute atomic E-state index is 11.9. The fraction of sp³-hybridized carbons (Fsp3) is 0.312. The molecule has 2 aromatic rings. The number of rotatable bonds is 5. The molecule has 0 saturated carbocycles. The zero-order chi connectivity index (χ0) is 15.2. The molecular formula is C16H20N2O3. The lowest BCUT2D eigenvalue weighted by Gasteiger charge is -2.15. The molecule has 1 aromatic heterocycles. The van der Waals surface area contributed by atoms with Crippen LogP contribution in [0.4, 0.5) is 10.5 Å². The molecule has 0 spiro atoms. The van der Waals surface area contributed by atoms with E-state index >= 15 is 0 Å². The maximum Gasteiger partial charge on any atom is 0.319 e. The van der Waals surface area contributed by atoms with E-state index in [1.807, 2.05) is 24.3 Å². The molecule has 21 heavy (non-hydrogen) atoms. The van der Waals surface area contributed by atoms with Crippen LogP contribution in [0.25, 0.3) is 0 Å². The van der Waals surface area contributed by atoms with Crippen molar-refractivity contribution in [2.45, 2.75) is 25.9 Å². The van der Waals surface area contributed by atoms with E-state index in [1.54, 1.807) is 12.1 Å². The topological polar surface area (TPSA) is 74.5 Å². The van der Waals surface area contributed by atoms with Crippen LogP contribution >= 0.6 is 0 Å². The third-order valence-electron chi connectivity index (χ3n) is 3.16. The van der Waals surface area contributed by atoms with E-state index in [-0.39, 0.29) is 12.6 Å². The molecule has 2 rings (SSSR count). The summed E-state index contributed by atoms with van der Waals surface area (Å²) in [5, 5.41) is 15.3. The number of hydrogen-bond donors (Lipinski definition) is 3. The van der Waals surface area contributed by atoms with Crippen molar-refractivity contribution >= 4 is 11.7 Å². The SMILES string of the molecule is CC(C)c1ccccc1NC(=O)NCC(O)c1ccco1. The van der Waals surface area contributed by atoms with Crippen molar-refractivity contribution in [1.82, 2.24) is 5.32 Å². The molecule has 112 valence electrons. The number of hydrogen-bond acceptors (Lipinski definition) is 3. The summed E-state index contributed by atoms with van der Waals surface area (Å²) in [6.45, 7) is 4.22. The number of amides is 2. The molecule has 1 heterocycles. The highest BCUT2D eigenvalue weighted by atomic mass is 16.4. The second kappa shape index (κ2) is 6.95. The van der Waals surface area contributed by atoms with Crippen LogP contribution in [-0.2, 0) is 0 Å². The Kier molecular flexibility index (Phi) is 5.00. The number of aliphatic hydroxyl groups excluding tert-OH is 1. The standard InChI is InChI=1S/C16H20N2O3/c1-11(2)12-6-3-4-7-13(12)18-16(20)17-10-14(19)15-8-5-9-21-15/h3-9,11,14,19H,10H2,1-2H3,(H2,17,18,20). The van der Waals surface area contributed by atoms with Gasteiger partial charge in [-0.2, -0.15) is 0 Å². The number of urea groups is 1. The number of para-hydroxylation sites is 1. The van der Waals surface area contributed by atoms with Crippen molar-refractivity contribution in [3.05, 3.63) is 54.0 Å². The van der Waals surface area contributed by atoms with Crippen molar-refractivity contribution in [2.75, 3.05) is 11.9 Å². The zero-order valence-corrected chi connectivity index (χ0v) is 12.2. The van der Waals surface area contributed by atoms with Crippen LogP contribution in [0, 0.1) is 0 Å². The van der Waals surface area contributed by atoms with Crippen LogP contribution in [0.2, 0.25) is 0 Å². The first-order valence-electron chi connectivity index (χ1n) is 6.93. The molecule has 5 nitrogen and oxygen atoms in total. The average Bonchev–Trinajstić information content (AvgIpc) is 2.99. The highest BCUT2D eigenvalue weighted by Crippen LogP contribution is 2.23. The van der Waals surface area contributed by atoms with Crippen LogP contribution < -0.4 is 10.6 Å². The van der Waals surface area contributed by atoms with E-state index in [4.69, 9.17) is 4.42 Å². The Hall–Kier alpha value is -2.27. The summed E-state index contributed by atoms with van der Waals surface area (Å²) in [6, 6.07) is 10.7. The summed E-state index contributed by atoms with van der Waals surface area (Å²) in [7, 11) is 0. The molecule has 3 N–H and O–H groups in total.